The van der Waals surface area contributed by atoms with Gasteiger partial charge in [-0.15, -0.1) is 0 Å². The molecule has 3 nitrogen and oxygen atoms in total. The summed E-state index contributed by atoms with van der Waals surface area (Å²) in [4.78, 5) is 10.7. The monoisotopic (exact) mass is 804 g/mol. The normalized spacial score (nSPS) is 13.3. The van der Waals surface area contributed by atoms with E-state index in [1.807, 2.05) is 12.1 Å². The summed E-state index contributed by atoms with van der Waals surface area (Å²) < 4.78 is 6.42. The van der Waals surface area contributed by atoms with Crippen LogP contribution in [0.25, 0.3) is 111 Å². The Kier molecular flexibility index (Phi) is 7.71. The topological polar surface area (TPSA) is 38.9 Å². The third-order valence-corrected chi connectivity index (χ3v) is 13.7. The molecule has 2 aliphatic carbocycles. The minimum atomic E-state index is -0.123. The molecule has 0 unspecified atom stereocenters. The molecule has 0 atom stereocenters. The van der Waals surface area contributed by atoms with E-state index in [0.717, 1.165) is 56.6 Å². The molecule has 0 saturated heterocycles. The van der Waals surface area contributed by atoms with Crippen molar-refractivity contribution in [1.29, 1.82) is 0 Å². The lowest BCUT2D eigenvalue weighted by Gasteiger charge is -2.22. The van der Waals surface area contributed by atoms with E-state index in [1.54, 1.807) is 0 Å². The van der Waals surface area contributed by atoms with Crippen LogP contribution in [0, 0.1) is 0 Å². The molecule has 0 saturated carbocycles. The predicted octanol–water partition coefficient (Wildman–Crippen LogP) is 15.7. The van der Waals surface area contributed by atoms with Crippen LogP contribution in [0.3, 0.4) is 0 Å². The molecule has 2 aliphatic rings. The maximum absolute atomic E-state index is 6.42. The van der Waals surface area contributed by atoms with Gasteiger partial charge in [0.05, 0.1) is 11.4 Å². The van der Waals surface area contributed by atoms with Crippen molar-refractivity contribution >= 4 is 32.7 Å². The summed E-state index contributed by atoms with van der Waals surface area (Å²) >= 11 is 0. The second kappa shape index (κ2) is 13.6. The molecule has 9 aromatic carbocycles. The van der Waals surface area contributed by atoms with Crippen LogP contribution in [0.15, 0.2) is 199 Å². The number of benzene rings is 9. The van der Waals surface area contributed by atoms with E-state index in [-0.39, 0.29) is 5.41 Å². The first-order valence-electron chi connectivity index (χ1n) is 21.8. The Labute approximate surface area is 366 Å². The molecule has 11 aromatic rings. The summed E-state index contributed by atoms with van der Waals surface area (Å²) in [7, 11) is 0. The van der Waals surface area contributed by atoms with Crippen molar-refractivity contribution in [3.05, 3.63) is 216 Å². The van der Waals surface area contributed by atoms with Crippen LogP contribution < -0.4 is 0 Å². The number of furan rings is 1. The van der Waals surface area contributed by atoms with Gasteiger partial charge in [0.2, 0.25) is 0 Å². The first kappa shape index (κ1) is 35.8. The Morgan fingerprint density at radius 1 is 0.397 bits per heavy atom. The number of hydrogen-bond donors (Lipinski definition) is 0. The molecular formula is C60H40N2O. The van der Waals surface area contributed by atoms with Gasteiger partial charge in [-0.05, 0) is 126 Å². The van der Waals surface area contributed by atoms with Gasteiger partial charge < -0.3 is 4.42 Å². The fraction of sp³-hybridized carbons (Fsp3) is 0.0667. The van der Waals surface area contributed by atoms with E-state index in [2.05, 4.69) is 196 Å². The maximum atomic E-state index is 6.42. The van der Waals surface area contributed by atoms with Crippen molar-refractivity contribution in [2.24, 2.45) is 0 Å². The van der Waals surface area contributed by atoms with Crippen LogP contribution in [0.2, 0.25) is 0 Å². The quantitative estimate of drug-likeness (QED) is 0.174. The third-order valence-electron chi connectivity index (χ3n) is 13.7. The summed E-state index contributed by atoms with van der Waals surface area (Å²) in [6, 6.07) is 70.2. The van der Waals surface area contributed by atoms with Crippen molar-refractivity contribution < 1.29 is 4.42 Å². The van der Waals surface area contributed by atoms with E-state index in [1.165, 1.54) is 77.4 Å². The number of aromatic nitrogens is 2. The Balaban J connectivity index is 0.966. The Morgan fingerprint density at radius 2 is 1.08 bits per heavy atom. The number of hydrogen-bond acceptors (Lipinski definition) is 3. The third kappa shape index (κ3) is 5.53. The van der Waals surface area contributed by atoms with Crippen LogP contribution in [-0.2, 0) is 11.8 Å². The van der Waals surface area contributed by atoms with Gasteiger partial charge in [-0.25, -0.2) is 9.97 Å². The molecule has 3 heteroatoms. The molecule has 63 heavy (non-hydrogen) atoms. The molecule has 13 rings (SSSR count). The van der Waals surface area contributed by atoms with Crippen molar-refractivity contribution in [1.82, 2.24) is 9.97 Å². The maximum Gasteiger partial charge on any atom is 0.160 e. The highest BCUT2D eigenvalue weighted by molar-refractivity contribution is 6.08. The number of rotatable bonds is 5. The lowest BCUT2D eigenvalue weighted by atomic mass is 9.81. The fourth-order valence-electron chi connectivity index (χ4n) is 10.6. The van der Waals surface area contributed by atoms with Crippen molar-refractivity contribution in [2.45, 2.75) is 25.7 Å². The van der Waals surface area contributed by atoms with Crippen molar-refractivity contribution in [2.75, 3.05) is 0 Å². The second-order valence-corrected chi connectivity index (χ2v) is 17.7. The minimum Gasteiger partial charge on any atom is -0.456 e. The Bertz CT molecular complexity index is 3690. The van der Waals surface area contributed by atoms with E-state index in [0.29, 0.717) is 5.82 Å². The average Bonchev–Trinajstić information content (AvgIpc) is 3.96. The highest BCUT2D eigenvalue weighted by Crippen LogP contribution is 2.53. The van der Waals surface area contributed by atoms with Crippen molar-refractivity contribution in [3.8, 4) is 78.4 Å². The highest BCUT2D eigenvalue weighted by Gasteiger charge is 2.37. The molecule has 0 radical (unpaired) electrons. The van der Waals surface area contributed by atoms with Gasteiger partial charge in [0, 0.05) is 32.9 Å². The summed E-state index contributed by atoms with van der Waals surface area (Å²) in [5, 5.41) is 4.87. The first-order valence-corrected chi connectivity index (χ1v) is 21.8. The molecule has 296 valence electrons. The second-order valence-electron chi connectivity index (χ2n) is 17.7. The molecule has 0 N–H and O–H groups in total. The zero-order valence-electron chi connectivity index (χ0n) is 35.0. The predicted molar refractivity (Wildman–Crippen MR) is 260 cm³/mol. The lowest BCUT2D eigenvalue weighted by Crippen LogP contribution is -2.14. The molecule has 0 amide bonds. The lowest BCUT2D eigenvalue weighted by molar-refractivity contribution is 0.661. The van der Waals surface area contributed by atoms with Gasteiger partial charge in [-0.3, -0.25) is 0 Å². The van der Waals surface area contributed by atoms with E-state index < -0.39 is 0 Å². The van der Waals surface area contributed by atoms with E-state index >= 15 is 0 Å². The largest absolute Gasteiger partial charge is 0.456 e. The van der Waals surface area contributed by atoms with Gasteiger partial charge in [-0.1, -0.05) is 166 Å². The zero-order valence-corrected chi connectivity index (χ0v) is 35.0. The van der Waals surface area contributed by atoms with Gasteiger partial charge in [-0.2, -0.15) is 0 Å². The van der Waals surface area contributed by atoms with Crippen LogP contribution in [0.1, 0.15) is 36.1 Å². The molecule has 0 aliphatic heterocycles. The number of fused-ring (bicyclic) bond motifs is 10. The van der Waals surface area contributed by atoms with E-state index in [4.69, 9.17) is 14.4 Å². The number of para-hydroxylation sites is 1. The zero-order chi connectivity index (χ0) is 41.8. The molecule has 0 fully saturated rings. The summed E-state index contributed by atoms with van der Waals surface area (Å²) in [5.41, 5.74) is 21.8. The van der Waals surface area contributed by atoms with Crippen LogP contribution in [0.4, 0.5) is 0 Å². The fourth-order valence-corrected chi connectivity index (χ4v) is 10.6. The molecule has 2 heterocycles. The van der Waals surface area contributed by atoms with Crippen LogP contribution >= 0.6 is 0 Å². The minimum absolute atomic E-state index is 0.123. The van der Waals surface area contributed by atoms with Gasteiger partial charge in [0.25, 0.3) is 0 Å². The molecular weight excluding hydrogens is 765 g/mol. The Hall–Kier alpha value is -7.88. The van der Waals surface area contributed by atoms with Crippen molar-refractivity contribution in [3.63, 3.8) is 0 Å². The highest BCUT2D eigenvalue weighted by atomic mass is 16.3. The van der Waals surface area contributed by atoms with Gasteiger partial charge >= 0.3 is 0 Å². The summed E-state index contributed by atoms with van der Waals surface area (Å²) in [6.07, 6.45) is 0.882. The molecule has 2 aromatic heterocycles. The van der Waals surface area contributed by atoms with E-state index in [9.17, 15) is 0 Å². The first-order chi connectivity index (χ1) is 31.0. The summed E-state index contributed by atoms with van der Waals surface area (Å²) in [6.45, 7) is 4.72. The smallest absolute Gasteiger partial charge is 0.160 e. The number of nitrogens with zero attached hydrogens (tertiary/aromatic N) is 2. The van der Waals surface area contributed by atoms with Crippen LogP contribution in [-0.4, -0.2) is 9.97 Å². The van der Waals surface area contributed by atoms with Crippen LogP contribution in [0.5, 0.6) is 0 Å². The molecule has 0 bridgehead atoms. The Morgan fingerprint density at radius 3 is 1.97 bits per heavy atom. The van der Waals surface area contributed by atoms with Gasteiger partial charge in [0.15, 0.2) is 5.82 Å². The SMILES string of the molecule is CC1(C)c2cc3ccccc3cc2-c2c(-c3cccc(-c4cc(-c5ccccc5-c5cccc6c5-c5cc7oc8ccccc8c7cc5C6)nc(-c5ccccc5)n4)c3)cccc21. The van der Waals surface area contributed by atoms with Gasteiger partial charge in [0.1, 0.15) is 11.2 Å². The summed E-state index contributed by atoms with van der Waals surface area (Å²) in [5.74, 6) is 0.697. The average molecular weight is 805 g/mol. The standard InChI is InChI=1S/C60H40N2O/c1-60(2)51-27-14-25-43(58(51)50-31-37-17-6-7-18-38(37)33-52(50)60)39-19-12-20-40(29-39)53-35-54(62-59(61-53)36-15-4-3-5-16-36)45-23-9-8-22-44(45)47-26-13-21-41-30-42-32-49-46-24-10-11-28-55(46)63-56(49)34-48(42)57(41)47/h3-29,31-35H,30H2,1-2H3. The molecule has 0 spiro atoms.